The number of para-hydroxylation sites is 1. The van der Waals surface area contributed by atoms with Crippen LogP contribution in [0.5, 0.6) is 5.75 Å². The number of β-amino-alcohol motifs (C(OH)–C–C–N with tert-alkyl or cyclic N) is 1. The van der Waals surface area contributed by atoms with Crippen molar-refractivity contribution in [3.63, 3.8) is 0 Å². The first kappa shape index (κ1) is 16.3. The summed E-state index contributed by atoms with van der Waals surface area (Å²) in [5.74, 6) is 1.10. The molecule has 1 aromatic carbocycles. The quantitative estimate of drug-likeness (QED) is 0.884. The lowest BCUT2D eigenvalue weighted by atomic mass is 10.0. The number of carbonyl (C=O) groups excluding carboxylic acids is 1. The van der Waals surface area contributed by atoms with Crippen LogP contribution in [0.3, 0.4) is 0 Å². The number of piperidine rings is 1. The SMILES string of the molecule is Cc1cccc(C)c1OC1CCN(C(=O)C2CC(O)CN2)CC1. The lowest BCUT2D eigenvalue weighted by Crippen LogP contribution is -2.48. The Labute approximate surface area is 137 Å². The number of benzene rings is 1. The van der Waals surface area contributed by atoms with Crippen LogP contribution in [0.15, 0.2) is 18.2 Å². The van der Waals surface area contributed by atoms with Gasteiger partial charge in [-0.25, -0.2) is 0 Å². The molecule has 0 radical (unpaired) electrons. The van der Waals surface area contributed by atoms with Crippen molar-refractivity contribution in [1.82, 2.24) is 10.2 Å². The summed E-state index contributed by atoms with van der Waals surface area (Å²) in [6.07, 6.45) is 2.01. The van der Waals surface area contributed by atoms with Gasteiger partial charge in [-0.15, -0.1) is 0 Å². The van der Waals surface area contributed by atoms with Crippen molar-refractivity contribution < 1.29 is 14.6 Å². The minimum Gasteiger partial charge on any atom is -0.490 e. The first-order valence-corrected chi connectivity index (χ1v) is 8.47. The Balaban J connectivity index is 1.53. The van der Waals surface area contributed by atoms with E-state index >= 15 is 0 Å². The predicted octanol–water partition coefficient (Wildman–Crippen LogP) is 1.40. The molecule has 2 N–H and O–H groups in total. The number of nitrogens with one attached hydrogen (secondary N) is 1. The fraction of sp³-hybridized carbons (Fsp3) is 0.611. The molecule has 2 heterocycles. The van der Waals surface area contributed by atoms with Gasteiger partial charge in [0.1, 0.15) is 11.9 Å². The van der Waals surface area contributed by atoms with Crippen LogP contribution in [-0.2, 0) is 4.79 Å². The van der Waals surface area contributed by atoms with Gasteiger partial charge in [0.2, 0.25) is 5.91 Å². The maximum absolute atomic E-state index is 12.4. The molecule has 2 atom stereocenters. The van der Waals surface area contributed by atoms with E-state index in [0.29, 0.717) is 13.0 Å². The highest BCUT2D eigenvalue weighted by molar-refractivity contribution is 5.82. The van der Waals surface area contributed by atoms with E-state index in [2.05, 4.69) is 31.3 Å². The maximum atomic E-state index is 12.4. The number of amides is 1. The predicted molar refractivity (Wildman–Crippen MR) is 88.6 cm³/mol. The number of rotatable bonds is 3. The highest BCUT2D eigenvalue weighted by Crippen LogP contribution is 2.26. The van der Waals surface area contributed by atoms with E-state index in [-0.39, 0.29) is 18.1 Å². The molecule has 0 saturated carbocycles. The molecular weight excluding hydrogens is 292 g/mol. The largest absolute Gasteiger partial charge is 0.490 e. The van der Waals surface area contributed by atoms with Gasteiger partial charge in [0, 0.05) is 32.5 Å². The third-order valence-corrected chi connectivity index (χ3v) is 4.85. The van der Waals surface area contributed by atoms with Gasteiger partial charge in [-0.3, -0.25) is 4.79 Å². The summed E-state index contributed by atoms with van der Waals surface area (Å²) in [5, 5.41) is 12.6. The van der Waals surface area contributed by atoms with Gasteiger partial charge >= 0.3 is 0 Å². The number of aliphatic hydroxyl groups excluding tert-OH is 1. The lowest BCUT2D eigenvalue weighted by molar-refractivity contribution is -0.135. The van der Waals surface area contributed by atoms with E-state index in [4.69, 9.17) is 4.74 Å². The molecule has 3 rings (SSSR count). The molecule has 1 amide bonds. The molecule has 23 heavy (non-hydrogen) atoms. The first-order valence-electron chi connectivity index (χ1n) is 8.47. The standard InChI is InChI=1S/C18H26N2O3/c1-12-4-3-5-13(2)17(12)23-15-6-8-20(9-7-15)18(22)16-10-14(21)11-19-16/h3-5,14-16,19,21H,6-11H2,1-2H3. The Hall–Kier alpha value is -1.59. The second kappa shape index (κ2) is 6.89. The van der Waals surface area contributed by atoms with E-state index in [1.165, 1.54) is 0 Å². The number of hydrogen-bond acceptors (Lipinski definition) is 4. The molecule has 5 nitrogen and oxygen atoms in total. The smallest absolute Gasteiger partial charge is 0.239 e. The average molecular weight is 318 g/mol. The summed E-state index contributed by atoms with van der Waals surface area (Å²) in [6, 6.07) is 5.96. The summed E-state index contributed by atoms with van der Waals surface area (Å²) in [7, 11) is 0. The van der Waals surface area contributed by atoms with Crippen LogP contribution in [0.2, 0.25) is 0 Å². The van der Waals surface area contributed by atoms with E-state index in [0.717, 1.165) is 42.8 Å². The summed E-state index contributed by atoms with van der Waals surface area (Å²) in [6.45, 7) is 6.10. The van der Waals surface area contributed by atoms with Crippen molar-refractivity contribution in [2.75, 3.05) is 19.6 Å². The van der Waals surface area contributed by atoms with Crippen LogP contribution in [0, 0.1) is 13.8 Å². The fourth-order valence-corrected chi connectivity index (χ4v) is 3.47. The first-order chi connectivity index (χ1) is 11.0. The van der Waals surface area contributed by atoms with E-state index in [1.807, 2.05) is 11.0 Å². The van der Waals surface area contributed by atoms with E-state index in [9.17, 15) is 9.90 Å². The van der Waals surface area contributed by atoms with Crippen LogP contribution in [0.4, 0.5) is 0 Å². The number of likely N-dealkylation sites (tertiary alicyclic amines) is 1. The zero-order valence-corrected chi connectivity index (χ0v) is 13.9. The van der Waals surface area contributed by atoms with E-state index in [1.54, 1.807) is 0 Å². The molecule has 2 aliphatic heterocycles. The second-order valence-corrected chi connectivity index (χ2v) is 6.71. The van der Waals surface area contributed by atoms with Crippen molar-refractivity contribution >= 4 is 5.91 Å². The fourth-order valence-electron chi connectivity index (χ4n) is 3.47. The minimum absolute atomic E-state index is 0.118. The van der Waals surface area contributed by atoms with Crippen LogP contribution >= 0.6 is 0 Å². The minimum atomic E-state index is -0.395. The highest BCUT2D eigenvalue weighted by Gasteiger charge is 2.33. The molecule has 0 aromatic heterocycles. The molecule has 5 heteroatoms. The zero-order chi connectivity index (χ0) is 16.4. The molecule has 2 fully saturated rings. The zero-order valence-electron chi connectivity index (χ0n) is 13.9. The Morgan fingerprint density at radius 1 is 1.26 bits per heavy atom. The maximum Gasteiger partial charge on any atom is 0.239 e. The summed E-state index contributed by atoms with van der Waals surface area (Å²) < 4.78 is 6.19. The molecule has 0 bridgehead atoms. The van der Waals surface area contributed by atoms with Gasteiger partial charge < -0.3 is 20.1 Å². The average Bonchev–Trinajstić information content (AvgIpc) is 2.97. The van der Waals surface area contributed by atoms with Gasteiger partial charge in [-0.05, 0) is 31.4 Å². The molecule has 126 valence electrons. The van der Waals surface area contributed by atoms with Crippen LogP contribution in [0.25, 0.3) is 0 Å². The number of nitrogens with zero attached hydrogens (tertiary/aromatic N) is 1. The number of aliphatic hydroxyl groups is 1. The van der Waals surface area contributed by atoms with Crippen molar-refractivity contribution in [3.8, 4) is 5.75 Å². The molecule has 0 spiro atoms. The number of ether oxygens (including phenoxy) is 1. The number of aryl methyl sites for hydroxylation is 2. The van der Waals surface area contributed by atoms with Crippen molar-refractivity contribution in [1.29, 1.82) is 0 Å². The molecule has 2 aliphatic rings. The van der Waals surface area contributed by atoms with Gasteiger partial charge in [0.25, 0.3) is 0 Å². The van der Waals surface area contributed by atoms with E-state index < -0.39 is 6.10 Å². The molecule has 0 aliphatic carbocycles. The normalized spacial score (nSPS) is 25.6. The highest BCUT2D eigenvalue weighted by atomic mass is 16.5. The molecule has 2 saturated heterocycles. The molecule has 2 unspecified atom stereocenters. The second-order valence-electron chi connectivity index (χ2n) is 6.71. The van der Waals surface area contributed by atoms with Gasteiger partial charge in [0.15, 0.2) is 0 Å². The summed E-state index contributed by atoms with van der Waals surface area (Å²) in [4.78, 5) is 14.3. The van der Waals surface area contributed by atoms with Crippen molar-refractivity contribution in [2.45, 2.75) is 51.4 Å². The summed E-state index contributed by atoms with van der Waals surface area (Å²) >= 11 is 0. The topological polar surface area (TPSA) is 61.8 Å². The van der Waals surface area contributed by atoms with Crippen LogP contribution in [0.1, 0.15) is 30.4 Å². The molecule has 1 aromatic rings. The van der Waals surface area contributed by atoms with Gasteiger partial charge in [0.05, 0.1) is 12.1 Å². The monoisotopic (exact) mass is 318 g/mol. The van der Waals surface area contributed by atoms with Crippen molar-refractivity contribution in [2.24, 2.45) is 0 Å². The van der Waals surface area contributed by atoms with Crippen LogP contribution < -0.4 is 10.1 Å². The molecular formula is C18H26N2O3. The van der Waals surface area contributed by atoms with Crippen LogP contribution in [-0.4, -0.2) is 53.8 Å². The third kappa shape index (κ3) is 3.67. The number of carbonyl (C=O) groups is 1. The Morgan fingerprint density at radius 3 is 2.48 bits per heavy atom. The Morgan fingerprint density at radius 2 is 1.91 bits per heavy atom. The van der Waals surface area contributed by atoms with Gasteiger partial charge in [-0.2, -0.15) is 0 Å². The van der Waals surface area contributed by atoms with Gasteiger partial charge in [-0.1, -0.05) is 18.2 Å². The number of hydrogen-bond donors (Lipinski definition) is 2. The Bertz CT molecular complexity index is 547. The van der Waals surface area contributed by atoms with Crippen molar-refractivity contribution in [3.05, 3.63) is 29.3 Å². The third-order valence-electron chi connectivity index (χ3n) is 4.85. The Kier molecular flexibility index (Phi) is 4.87. The lowest BCUT2D eigenvalue weighted by Gasteiger charge is -2.34. The summed E-state index contributed by atoms with van der Waals surface area (Å²) in [5.41, 5.74) is 2.32.